The van der Waals surface area contributed by atoms with Gasteiger partial charge in [-0.1, -0.05) is 11.6 Å². The third-order valence-electron chi connectivity index (χ3n) is 2.96. The summed E-state index contributed by atoms with van der Waals surface area (Å²) >= 11 is 5.91. The highest BCUT2D eigenvalue weighted by molar-refractivity contribution is 6.31. The number of nitrogens with two attached hydrogens (primary N) is 1. The molecule has 1 aliphatic rings. The number of hydrogen-bond donors (Lipinski definition) is 1. The zero-order valence-electron chi connectivity index (χ0n) is 9.62. The Bertz CT molecular complexity index is 416. The second-order valence-corrected chi connectivity index (χ2v) is 4.71. The second kappa shape index (κ2) is 5.52. The first kappa shape index (κ1) is 12.4. The first-order chi connectivity index (χ1) is 8.20. The number of benzene rings is 1. The van der Waals surface area contributed by atoms with Crippen LogP contribution in [0, 0.1) is 0 Å². The highest BCUT2D eigenvalue weighted by atomic mass is 35.5. The van der Waals surface area contributed by atoms with Crippen molar-refractivity contribution >= 4 is 17.4 Å². The quantitative estimate of drug-likeness (QED) is 0.821. The Morgan fingerprint density at radius 2 is 2.24 bits per heavy atom. The van der Waals surface area contributed by atoms with Crippen LogP contribution in [0.4, 0.5) is 0 Å². The van der Waals surface area contributed by atoms with Gasteiger partial charge in [0.25, 0.3) is 0 Å². The van der Waals surface area contributed by atoms with E-state index in [1.54, 1.807) is 18.2 Å². The molecule has 1 aromatic rings. The van der Waals surface area contributed by atoms with Crippen LogP contribution >= 0.6 is 11.6 Å². The zero-order valence-corrected chi connectivity index (χ0v) is 10.4. The number of carbonyl (C=O) groups is 1. The molecular formula is C13H16ClNO2. The van der Waals surface area contributed by atoms with E-state index in [-0.39, 0.29) is 11.9 Å². The van der Waals surface area contributed by atoms with E-state index < -0.39 is 0 Å². The standard InChI is InChI=1S/C13H16ClNO2/c14-9-4-5-13(17-10-2-1-3-10)11(8-9)12(16)6-7-15/h4-5,8,10H,1-3,6-7,15H2. The highest BCUT2D eigenvalue weighted by Gasteiger charge is 2.22. The Hall–Kier alpha value is -1.06. The maximum atomic E-state index is 11.9. The molecule has 0 spiro atoms. The highest BCUT2D eigenvalue weighted by Crippen LogP contribution is 2.30. The first-order valence-corrected chi connectivity index (χ1v) is 6.28. The monoisotopic (exact) mass is 253 g/mol. The van der Waals surface area contributed by atoms with Gasteiger partial charge in [-0.3, -0.25) is 4.79 Å². The summed E-state index contributed by atoms with van der Waals surface area (Å²) in [6.07, 6.45) is 3.90. The zero-order chi connectivity index (χ0) is 12.3. The Kier molecular flexibility index (Phi) is 4.02. The topological polar surface area (TPSA) is 52.3 Å². The molecule has 1 aliphatic carbocycles. The minimum Gasteiger partial charge on any atom is -0.490 e. The van der Waals surface area contributed by atoms with Crippen LogP contribution in [-0.4, -0.2) is 18.4 Å². The molecule has 1 aromatic carbocycles. The van der Waals surface area contributed by atoms with E-state index in [1.165, 1.54) is 6.42 Å². The molecule has 17 heavy (non-hydrogen) atoms. The van der Waals surface area contributed by atoms with Gasteiger partial charge < -0.3 is 10.5 Å². The Balaban J connectivity index is 2.19. The molecule has 0 aliphatic heterocycles. The molecule has 0 radical (unpaired) electrons. The molecule has 0 aromatic heterocycles. The van der Waals surface area contributed by atoms with E-state index >= 15 is 0 Å². The SMILES string of the molecule is NCCC(=O)c1cc(Cl)ccc1OC1CCC1. The van der Waals surface area contributed by atoms with Crippen molar-refractivity contribution in [3.8, 4) is 5.75 Å². The Morgan fingerprint density at radius 3 is 2.82 bits per heavy atom. The molecule has 4 heteroatoms. The summed E-state index contributed by atoms with van der Waals surface area (Å²) in [5.41, 5.74) is 5.95. The molecule has 3 nitrogen and oxygen atoms in total. The smallest absolute Gasteiger partial charge is 0.167 e. The fourth-order valence-electron chi connectivity index (χ4n) is 1.76. The van der Waals surface area contributed by atoms with Crippen molar-refractivity contribution in [1.82, 2.24) is 0 Å². The van der Waals surface area contributed by atoms with Crippen LogP contribution < -0.4 is 10.5 Å². The molecule has 0 amide bonds. The van der Waals surface area contributed by atoms with Gasteiger partial charge in [-0.15, -0.1) is 0 Å². The van der Waals surface area contributed by atoms with Crippen molar-refractivity contribution in [2.75, 3.05) is 6.54 Å². The second-order valence-electron chi connectivity index (χ2n) is 4.27. The van der Waals surface area contributed by atoms with Crippen LogP contribution in [0.15, 0.2) is 18.2 Å². The maximum Gasteiger partial charge on any atom is 0.167 e. The van der Waals surface area contributed by atoms with Gasteiger partial charge in [-0.2, -0.15) is 0 Å². The number of halogens is 1. The van der Waals surface area contributed by atoms with Crippen molar-refractivity contribution in [3.05, 3.63) is 28.8 Å². The van der Waals surface area contributed by atoms with Crippen LogP contribution in [0.3, 0.4) is 0 Å². The van der Waals surface area contributed by atoms with Gasteiger partial charge in [-0.05, 0) is 44.0 Å². The van der Waals surface area contributed by atoms with Crippen molar-refractivity contribution in [2.24, 2.45) is 5.73 Å². The molecule has 0 atom stereocenters. The lowest BCUT2D eigenvalue weighted by Crippen LogP contribution is -2.25. The van der Waals surface area contributed by atoms with Gasteiger partial charge in [-0.25, -0.2) is 0 Å². The van der Waals surface area contributed by atoms with Crippen LogP contribution in [0.25, 0.3) is 0 Å². The molecule has 1 saturated carbocycles. The molecule has 0 saturated heterocycles. The number of Topliss-reactive ketones (excluding diaryl/α,β-unsaturated/α-hetero) is 1. The van der Waals surface area contributed by atoms with Gasteiger partial charge in [0, 0.05) is 11.4 Å². The summed E-state index contributed by atoms with van der Waals surface area (Å²) in [6.45, 7) is 0.341. The summed E-state index contributed by atoms with van der Waals surface area (Å²) < 4.78 is 5.78. The molecule has 0 heterocycles. The van der Waals surface area contributed by atoms with E-state index in [1.807, 2.05) is 0 Å². The number of carbonyl (C=O) groups excluding carboxylic acids is 1. The lowest BCUT2D eigenvalue weighted by atomic mass is 9.96. The lowest BCUT2D eigenvalue weighted by Gasteiger charge is -2.27. The number of rotatable bonds is 5. The minimum atomic E-state index is -0.00989. The average molecular weight is 254 g/mol. The largest absolute Gasteiger partial charge is 0.490 e. The van der Waals surface area contributed by atoms with Crippen molar-refractivity contribution in [1.29, 1.82) is 0 Å². The van der Waals surface area contributed by atoms with Gasteiger partial charge in [0.2, 0.25) is 0 Å². The predicted molar refractivity (Wildman–Crippen MR) is 67.7 cm³/mol. The number of ether oxygens (including phenoxy) is 1. The fourth-order valence-corrected chi connectivity index (χ4v) is 1.93. The van der Waals surface area contributed by atoms with E-state index in [2.05, 4.69) is 0 Å². The summed E-state index contributed by atoms with van der Waals surface area (Å²) in [4.78, 5) is 11.9. The third kappa shape index (κ3) is 2.99. The van der Waals surface area contributed by atoms with Crippen LogP contribution in [0.2, 0.25) is 5.02 Å². The van der Waals surface area contributed by atoms with E-state index in [9.17, 15) is 4.79 Å². The van der Waals surface area contributed by atoms with Crippen LogP contribution in [-0.2, 0) is 0 Å². The summed E-state index contributed by atoms with van der Waals surface area (Å²) in [7, 11) is 0. The first-order valence-electron chi connectivity index (χ1n) is 5.90. The molecule has 0 unspecified atom stereocenters. The summed E-state index contributed by atoms with van der Waals surface area (Å²) in [5.74, 6) is 0.627. The Labute approximate surface area is 106 Å². The lowest BCUT2D eigenvalue weighted by molar-refractivity contribution is 0.0958. The molecule has 2 rings (SSSR count). The molecule has 2 N–H and O–H groups in total. The van der Waals surface area contributed by atoms with Crippen molar-refractivity contribution < 1.29 is 9.53 Å². The van der Waals surface area contributed by atoms with Gasteiger partial charge >= 0.3 is 0 Å². The summed E-state index contributed by atoms with van der Waals surface area (Å²) in [5, 5.41) is 0.548. The number of ketones is 1. The number of hydrogen-bond acceptors (Lipinski definition) is 3. The van der Waals surface area contributed by atoms with Gasteiger partial charge in [0.15, 0.2) is 5.78 Å². The molecule has 1 fully saturated rings. The van der Waals surface area contributed by atoms with E-state index in [4.69, 9.17) is 22.1 Å². The van der Waals surface area contributed by atoms with Crippen LogP contribution in [0.1, 0.15) is 36.0 Å². The Morgan fingerprint density at radius 1 is 1.47 bits per heavy atom. The van der Waals surface area contributed by atoms with Crippen molar-refractivity contribution in [3.63, 3.8) is 0 Å². The minimum absolute atomic E-state index is 0.00989. The summed E-state index contributed by atoms with van der Waals surface area (Å²) in [6, 6.07) is 5.17. The third-order valence-corrected chi connectivity index (χ3v) is 3.19. The normalized spacial score (nSPS) is 15.4. The predicted octanol–water partition coefficient (Wildman–Crippen LogP) is 2.80. The van der Waals surface area contributed by atoms with Gasteiger partial charge in [0.05, 0.1) is 11.7 Å². The van der Waals surface area contributed by atoms with Gasteiger partial charge in [0.1, 0.15) is 5.75 Å². The van der Waals surface area contributed by atoms with Crippen LogP contribution in [0.5, 0.6) is 5.75 Å². The fraction of sp³-hybridized carbons (Fsp3) is 0.462. The molecule has 0 bridgehead atoms. The van der Waals surface area contributed by atoms with Crippen molar-refractivity contribution in [2.45, 2.75) is 31.8 Å². The van der Waals surface area contributed by atoms with E-state index in [0.717, 1.165) is 12.8 Å². The van der Waals surface area contributed by atoms with E-state index in [0.29, 0.717) is 29.3 Å². The maximum absolute atomic E-state index is 11.9. The molecular weight excluding hydrogens is 238 g/mol. The average Bonchev–Trinajstić information content (AvgIpc) is 2.25. The molecule has 92 valence electrons.